The van der Waals surface area contributed by atoms with E-state index in [1.807, 2.05) is 19.9 Å². The summed E-state index contributed by atoms with van der Waals surface area (Å²) >= 11 is 0. The number of nitrogens with zero attached hydrogens (tertiary/aromatic N) is 4. The molecule has 28 heavy (non-hydrogen) atoms. The van der Waals surface area contributed by atoms with Crippen LogP contribution in [0.5, 0.6) is 5.88 Å². The third-order valence-electron chi connectivity index (χ3n) is 5.97. The van der Waals surface area contributed by atoms with E-state index in [0.717, 1.165) is 35.6 Å². The second kappa shape index (κ2) is 6.88. The Balaban J connectivity index is 1.51. The molecule has 1 N–H and O–H groups in total. The van der Waals surface area contributed by atoms with Crippen molar-refractivity contribution in [3.63, 3.8) is 0 Å². The summed E-state index contributed by atoms with van der Waals surface area (Å²) in [5.41, 5.74) is 1.96. The van der Waals surface area contributed by atoms with E-state index in [4.69, 9.17) is 14.5 Å². The first-order valence-corrected chi connectivity index (χ1v) is 10.2. The van der Waals surface area contributed by atoms with Crippen molar-refractivity contribution >= 4 is 17.1 Å². The number of ether oxygens (including phenoxy) is 2. The summed E-state index contributed by atoms with van der Waals surface area (Å²) in [6.45, 7) is 7.82. The molecular weight excluding hydrogens is 354 g/mol. The number of hydrogen-bond acceptors (Lipinski definition) is 6. The molecule has 2 bridgehead atoms. The zero-order valence-electron chi connectivity index (χ0n) is 16.6. The molecule has 0 radical (unpaired) electrons. The number of aliphatic imine (C=N–C) groups is 1. The first-order chi connectivity index (χ1) is 13.6. The highest BCUT2D eigenvalue weighted by atomic mass is 16.5. The third-order valence-corrected chi connectivity index (χ3v) is 5.97. The fraction of sp³-hybridized carbons (Fsp3) is 0.571. The van der Waals surface area contributed by atoms with Crippen LogP contribution in [0.15, 0.2) is 29.2 Å². The molecule has 0 spiro atoms. The van der Waals surface area contributed by atoms with Crippen LogP contribution in [0.25, 0.3) is 10.9 Å². The molecule has 2 fully saturated rings. The maximum atomic E-state index is 5.80. The van der Waals surface area contributed by atoms with Crippen LogP contribution >= 0.6 is 0 Å². The van der Waals surface area contributed by atoms with Crippen molar-refractivity contribution in [1.82, 2.24) is 20.1 Å². The molecular formula is C21H27N5O2. The Kier molecular flexibility index (Phi) is 4.34. The average Bonchev–Trinajstić information content (AvgIpc) is 3.19. The maximum absolute atomic E-state index is 5.80. The smallest absolute Gasteiger partial charge is 0.214 e. The van der Waals surface area contributed by atoms with E-state index in [9.17, 15) is 0 Å². The summed E-state index contributed by atoms with van der Waals surface area (Å²) < 4.78 is 11.5. The van der Waals surface area contributed by atoms with Crippen molar-refractivity contribution in [2.45, 2.75) is 57.7 Å². The standard InChI is InChI=1S/C21H27N5O2/c1-12(2)28-20-7-17-18(9-23-20)24-25-21(17)16-6-19(22-8-13(16)3)26-14-4-5-15(26)11-27-10-14/h6-9,12-16H,4-5,10-11H2,1-3H3,(H,24,25). The summed E-state index contributed by atoms with van der Waals surface area (Å²) in [4.78, 5) is 11.7. The normalized spacial score (nSPS) is 29.6. The fourth-order valence-corrected chi connectivity index (χ4v) is 4.60. The molecule has 4 atom stereocenters. The molecule has 3 aliphatic rings. The van der Waals surface area contributed by atoms with Crippen molar-refractivity contribution in [3.05, 3.63) is 29.9 Å². The van der Waals surface area contributed by atoms with Crippen LogP contribution in [-0.4, -0.2) is 57.7 Å². The third kappa shape index (κ3) is 2.98. The molecule has 5 heterocycles. The number of allylic oxidation sites excluding steroid dienone is 1. The number of aromatic nitrogens is 3. The van der Waals surface area contributed by atoms with Crippen LogP contribution in [0.1, 0.15) is 45.2 Å². The molecule has 2 saturated heterocycles. The Hall–Kier alpha value is -2.41. The Morgan fingerprint density at radius 1 is 1.25 bits per heavy atom. The zero-order chi connectivity index (χ0) is 19.3. The van der Waals surface area contributed by atoms with Gasteiger partial charge in [0.05, 0.1) is 48.8 Å². The SMILES string of the molecule is CC(C)Oc1cc2c(C3C=C(N4C5CCC4COC5)N=CC3C)n[nH]c2cn1. The molecule has 4 unspecified atom stereocenters. The van der Waals surface area contributed by atoms with E-state index in [2.05, 4.69) is 39.3 Å². The summed E-state index contributed by atoms with van der Waals surface area (Å²) in [6, 6.07) is 2.89. The quantitative estimate of drug-likeness (QED) is 0.880. The molecule has 0 amide bonds. The summed E-state index contributed by atoms with van der Waals surface area (Å²) in [5, 5.41) is 8.86. The zero-order valence-corrected chi connectivity index (χ0v) is 16.6. The Labute approximate surface area is 164 Å². The van der Waals surface area contributed by atoms with Gasteiger partial charge in [0.15, 0.2) is 0 Å². The predicted octanol–water partition coefficient (Wildman–Crippen LogP) is 3.25. The number of fused-ring (bicyclic) bond motifs is 3. The largest absolute Gasteiger partial charge is 0.475 e. The maximum Gasteiger partial charge on any atom is 0.214 e. The minimum atomic E-state index is 0.0873. The van der Waals surface area contributed by atoms with Crippen molar-refractivity contribution in [2.24, 2.45) is 10.9 Å². The van der Waals surface area contributed by atoms with Gasteiger partial charge in [0, 0.05) is 29.5 Å². The van der Waals surface area contributed by atoms with E-state index in [-0.39, 0.29) is 17.9 Å². The Morgan fingerprint density at radius 3 is 2.79 bits per heavy atom. The summed E-state index contributed by atoms with van der Waals surface area (Å²) in [6.07, 6.45) is 8.62. The number of H-pyrrole nitrogens is 1. The topological polar surface area (TPSA) is 75.6 Å². The van der Waals surface area contributed by atoms with Gasteiger partial charge >= 0.3 is 0 Å². The molecule has 2 aromatic rings. The van der Waals surface area contributed by atoms with Gasteiger partial charge in [-0.3, -0.25) is 5.10 Å². The Morgan fingerprint density at radius 2 is 2.04 bits per heavy atom. The molecule has 0 aliphatic carbocycles. The van der Waals surface area contributed by atoms with Gasteiger partial charge in [0.25, 0.3) is 0 Å². The van der Waals surface area contributed by atoms with Crippen LogP contribution < -0.4 is 4.74 Å². The van der Waals surface area contributed by atoms with Crippen LogP contribution in [0.2, 0.25) is 0 Å². The molecule has 3 aliphatic heterocycles. The number of nitrogens with one attached hydrogen (secondary N) is 1. The number of aromatic amines is 1. The van der Waals surface area contributed by atoms with Crippen LogP contribution in [0.4, 0.5) is 0 Å². The van der Waals surface area contributed by atoms with Gasteiger partial charge in [0.1, 0.15) is 5.82 Å². The molecule has 0 aromatic carbocycles. The Bertz CT molecular complexity index is 918. The van der Waals surface area contributed by atoms with Crippen molar-refractivity contribution in [2.75, 3.05) is 13.2 Å². The van der Waals surface area contributed by atoms with Gasteiger partial charge in [-0.25, -0.2) is 9.98 Å². The minimum Gasteiger partial charge on any atom is -0.475 e. The van der Waals surface area contributed by atoms with E-state index >= 15 is 0 Å². The van der Waals surface area contributed by atoms with Gasteiger partial charge in [-0.15, -0.1) is 0 Å². The lowest BCUT2D eigenvalue weighted by molar-refractivity contribution is 0.00241. The minimum absolute atomic E-state index is 0.0873. The highest BCUT2D eigenvalue weighted by molar-refractivity contribution is 5.83. The lowest BCUT2D eigenvalue weighted by Gasteiger charge is -2.38. The predicted molar refractivity (Wildman–Crippen MR) is 108 cm³/mol. The van der Waals surface area contributed by atoms with E-state index < -0.39 is 0 Å². The first kappa shape index (κ1) is 17.7. The molecule has 5 rings (SSSR count). The number of rotatable bonds is 4. The number of pyridine rings is 1. The van der Waals surface area contributed by atoms with Crippen molar-refractivity contribution in [3.8, 4) is 5.88 Å². The van der Waals surface area contributed by atoms with E-state index in [1.165, 1.54) is 12.8 Å². The second-order valence-electron chi connectivity index (χ2n) is 8.36. The van der Waals surface area contributed by atoms with Gasteiger partial charge in [-0.05, 0) is 32.8 Å². The van der Waals surface area contributed by atoms with Gasteiger partial charge in [-0.2, -0.15) is 5.10 Å². The molecule has 0 saturated carbocycles. The lowest BCUT2D eigenvalue weighted by atomic mass is 9.88. The van der Waals surface area contributed by atoms with Crippen LogP contribution in [0, 0.1) is 5.92 Å². The summed E-state index contributed by atoms with van der Waals surface area (Å²) in [5.74, 6) is 2.15. The highest BCUT2D eigenvalue weighted by Gasteiger charge is 2.39. The van der Waals surface area contributed by atoms with Crippen molar-refractivity contribution < 1.29 is 9.47 Å². The first-order valence-electron chi connectivity index (χ1n) is 10.2. The van der Waals surface area contributed by atoms with E-state index in [1.54, 1.807) is 6.20 Å². The number of hydrogen-bond donors (Lipinski definition) is 1. The molecule has 7 heteroatoms. The second-order valence-corrected chi connectivity index (χ2v) is 8.36. The van der Waals surface area contributed by atoms with Crippen LogP contribution in [-0.2, 0) is 4.74 Å². The molecule has 2 aromatic heterocycles. The average molecular weight is 381 g/mol. The van der Waals surface area contributed by atoms with Crippen molar-refractivity contribution in [1.29, 1.82) is 0 Å². The van der Waals surface area contributed by atoms with Gasteiger partial charge in [-0.1, -0.05) is 6.92 Å². The lowest BCUT2D eigenvalue weighted by Crippen LogP contribution is -2.45. The fourth-order valence-electron chi connectivity index (χ4n) is 4.60. The monoisotopic (exact) mass is 381 g/mol. The van der Waals surface area contributed by atoms with Crippen LogP contribution in [0.3, 0.4) is 0 Å². The number of morpholine rings is 1. The van der Waals surface area contributed by atoms with Gasteiger partial charge in [0.2, 0.25) is 5.88 Å². The summed E-state index contributed by atoms with van der Waals surface area (Å²) in [7, 11) is 0. The molecule has 7 nitrogen and oxygen atoms in total. The highest BCUT2D eigenvalue weighted by Crippen LogP contribution is 2.38. The van der Waals surface area contributed by atoms with E-state index in [0.29, 0.717) is 18.0 Å². The van der Waals surface area contributed by atoms with Gasteiger partial charge < -0.3 is 14.4 Å². The molecule has 148 valence electrons.